The van der Waals surface area contributed by atoms with Gasteiger partial charge in [-0.15, -0.1) is 0 Å². The molecule has 0 aromatic heterocycles. The Morgan fingerprint density at radius 3 is 2.69 bits per heavy atom. The molecule has 0 N–H and O–H groups in total. The van der Waals surface area contributed by atoms with E-state index in [1.807, 2.05) is 0 Å². The highest BCUT2D eigenvalue weighted by Gasteiger charge is 2.24. The van der Waals surface area contributed by atoms with Gasteiger partial charge in [0.05, 0.1) is 18.8 Å². The Labute approximate surface area is 89.1 Å². The summed E-state index contributed by atoms with van der Waals surface area (Å²) in [6.45, 7) is 2.76. The van der Waals surface area contributed by atoms with Gasteiger partial charge in [-0.25, -0.2) is 0 Å². The van der Waals surface area contributed by atoms with Crippen LogP contribution in [-0.2, 0) is 9.47 Å². The van der Waals surface area contributed by atoms with E-state index < -0.39 is 0 Å². The molecule has 0 aromatic carbocycles. The lowest BCUT2D eigenvalue weighted by Gasteiger charge is -2.29. The smallest absolute Gasteiger partial charge is 0.0784 e. The fourth-order valence-corrected chi connectivity index (χ4v) is 2.49. The van der Waals surface area contributed by atoms with Crippen molar-refractivity contribution in [3.63, 3.8) is 0 Å². The van der Waals surface area contributed by atoms with Gasteiger partial charge in [-0.1, -0.05) is 28.8 Å². The minimum atomic E-state index is 0.216. The zero-order valence-corrected chi connectivity index (χ0v) is 10.0. The molecule has 0 bridgehead atoms. The predicted octanol–water partition coefficient (Wildman–Crippen LogP) is 2.74. The average molecular weight is 251 g/mol. The van der Waals surface area contributed by atoms with Gasteiger partial charge < -0.3 is 9.47 Å². The molecule has 3 heteroatoms. The minimum absolute atomic E-state index is 0.216. The first-order valence-electron chi connectivity index (χ1n) is 5.02. The van der Waals surface area contributed by atoms with Gasteiger partial charge in [0.1, 0.15) is 0 Å². The van der Waals surface area contributed by atoms with Crippen LogP contribution in [0.4, 0.5) is 0 Å². The summed E-state index contributed by atoms with van der Waals surface area (Å²) >= 11 is 3.67. The fraction of sp³-hybridized carbons (Fsp3) is 1.00. The topological polar surface area (TPSA) is 18.5 Å². The van der Waals surface area contributed by atoms with Crippen LogP contribution in [0.15, 0.2) is 0 Å². The van der Waals surface area contributed by atoms with Crippen molar-refractivity contribution in [2.24, 2.45) is 0 Å². The van der Waals surface area contributed by atoms with Crippen LogP contribution in [0.2, 0.25) is 0 Å². The molecule has 1 aliphatic carbocycles. The highest BCUT2D eigenvalue weighted by Crippen LogP contribution is 2.27. The third-order valence-corrected chi connectivity index (χ3v) is 3.48. The van der Waals surface area contributed by atoms with Crippen LogP contribution in [0.25, 0.3) is 0 Å². The number of hydrogen-bond acceptors (Lipinski definition) is 2. The molecule has 0 spiro atoms. The number of alkyl halides is 1. The molecule has 1 rings (SSSR count). The van der Waals surface area contributed by atoms with Gasteiger partial charge in [-0.3, -0.25) is 0 Å². The number of rotatable bonds is 4. The first kappa shape index (κ1) is 11.5. The molecular weight excluding hydrogens is 232 g/mol. The molecule has 0 aliphatic heterocycles. The molecule has 0 heterocycles. The quantitative estimate of drug-likeness (QED) is 0.715. The largest absolute Gasteiger partial charge is 0.382 e. The predicted molar refractivity (Wildman–Crippen MR) is 57.4 cm³/mol. The second-order valence-electron chi connectivity index (χ2n) is 3.74. The van der Waals surface area contributed by atoms with Crippen molar-refractivity contribution in [3.8, 4) is 0 Å². The lowest BCUT2D eigenvalue weighted by atomic mass is 9.97. The lowest BCUT2D eigenvalue weighted by Crippen LogP contribution is -2.32. The molecule has 0 saturated heterocycles. The first-order valence-corrected chi connectivity index (χ1v) is 5.94. The van der Waals surface area contributed by atoms with E-state index in [9.17, 15) is 0 Å². The highest BCUT2D eigenvalue weighted by molar-refractivity contribution is 9.09. The molecule has 3 unspecified atom stereocenters. The fourth-order valence-electron chi connectivity index (χ4n) is 1.78. The Bertz CT molecular complexity index is 141. The van der Waals surface area contributed by atoms with E-state index in [-0.39, 0.29) is 6.10 Å². The van der Waals surface area contributed by atoms with Crippen LogP contribution < -0.4 is 0 Å². The maximum absolute atomic E-state index is 5.87. The van der Waals surface area contributed by atoms with Crippen molar-refractivity contribution >= 4 is 15.9 Å². The molecule has 13 heavy (non-hydrogen) atoms. The van der Waals surface area contributed by atoms with Crippen LogP contribution in [0.5, 0.6) is 0 Å². The van der Waals surface area contributed by atoms with Gasteiger partial charge in [0.25, 0.3) is 0 Å². The van der Waals surface area contributed by atoms with Crippen molar-refractivity contribution in [2.45, 2.75) is 49.6 Å². The Balaban J connectivity index is 2.25. The number of halogens is 1. The summed E-state index contributed by atoms with van der Waals surface area (Å²) in [4.78, 5) is 0.542. The Morgan fingerprint density at radius 1 is 1.38 bits per heavy atom. The van der Waals surface area contributed by atoms with E-state index in [1.165, 1.54) is 25.7 Å². The third-order valence-electron chi connectivity index (χ3n) is 2.43. The summed E-state index contributed by atoms with van der Waals surface area (Å²) < 4.78 is 10.9. The van der Waals surface area contributed by atoms with Crippen LogP contribution in [0, 0.1) is 0 Å². The van der Waals surface area contributed by atoms with Crippen LogP contribution >= 0.6 is 15.9 Å². The summed E-state index contributed by atoms with van der Waals surface area (Å²) in [6.07, 6.45) is 5.65. The van der Waals surface area contributed by atoms with Crippen molar-refractivity contribution in [1.29, 1.82) is 0 Å². The standard InChI is InChI=1S/C10H19BrO2/c1-8(7-12-2)13-10-6-4-3-5-9(10)11/h8-10H,3-7H2,1-2H3. The average Bonchev–Trinajstić information content (AvgIpc) is 2.09. The Kier molecular flexibility index (Phi) is 5.29. The van der Waals surface area contributed by atoms with E-state index in [1.54, 1.807) is 7.11 Å². The lowest BCUT2D eigenvalue weighted by molar-refractivity contribution is -0.0479. The third kappa shape index (κ3) is 3.96. The molecule has 2 nitrogen and oxygen atoms in total. The monoisotopic (exact) mass is 250 g/mol. The van der Waals surface area contributed by atoms with Crippen molar-refractivity contribution in [3.05, 3.63) is 0 Å². The number of hydrogen-bond donors (Lipinski definition) is 0. The van der Waals surface area contributed by atoms with Crippen molar-refractivity contribution in [2.75, 3.05) is 13.7 Å². The minimum Gasteiger partial charge on any atom is -0.382 e. The van der Waals surface area contributed by atoms with E-state index in [4.69, 9.17) is 9.47 Å². The molecule has 1 aliphatic rings. The second-order valence-corrected chi connectivity index (χ2v) is 4.92. The maximum Gasteiger partial charge on any atom is 0.0784 e. The van der Waals surface area contributed by atoms with Crippen LogP contribution in [-0.4, -0.2) is 30.8 Å². The molecule has 3 atom stereocenters. The highest BCUT2D eigenvalue weighted by atomic mass is 79.9. The molecule has 1 saturated carbocycles. The summed E-state index contributed by atoms with van der Waals surface area (Å²) in [5.74, 6) is 0. The van der Waals surface area contributed by atoms with Gasteiger partial charge in [0.2, 0.25) is 0 Å². The summed E-state index contributed by atoms with van der Waals surface area (Å²) in [5, 5.41) is 0. The van der Waals surface area contributed by atoms with Crippen molar-refractivity contribution < 1.29 is 9.47 Å². The Hall–Kier alpha value is 0.400. The van der Waals surface area contributed by atoms with E-state index in [2.05, 4.69) is 22.9 Å². The van der Waals surface area contributed by atoms with Crippen LogP contribution in [0.1, 0.15) is 32.6 Å². The first-order chi connectivity index (χ1) is 6.24. The Morgan fingerprint density at radius 2 is 2.08 bits per heavy atom. The van der Waals surface area contributed by atoms with Gasteiger partial charge in [-0.2, -0.15) is 0 Å². The zero-order valence-electron chi connectivity index (χ0n) is 8.46. The van der Waals surface area contributed by atoms with E-state index in [0.29, 0.717) is 17.5 Å². The summed E-state index contributed by atoms with van der Waals surface area (Å²) in [6, 6.07) is 0. The molecule has 78 valence electrons. The SMILES string of the molecule is COCC(C)OC1CCCCC1Br. The number of ether oxygens (including phenoxy) is 2. The van der Waals surface area contributed by atoms with Gasteiger partial charge in [-0.05, 0) is 19.8 Å². The maximum atomic E-state index is 5.87. The van der Waals surface area contributed by atoms with Gasteiger partial charge in [0, 0.05) is 11.9 Å². The van der Waals surface area contributed by atoms with E-state index >= 15 is 0 Å². The van der Waals surface area contributed by atoms with Crippen LogP contribution in [0.3, 0.4) is 0 Å². The molecule has 0 aromatic rings. The van der Waals surface area contributed by atoms with Crippen molar-refractivity contribution in [1.82, 2.24) is 0 Å². The zero-order chi connectivity index (χ0) is 9.68. The number of methoxy groups -OCH3 is 1. The van der Waals surface area contributed by atoms with Gasteiger partial charge >= 0.3 is 0 Å². The molecule has 0 radical (unpaired) electrons. The molecular formula is C10H19BrO2. The van der Waals surface area contributed by atoms with E-state index in [0.717, 1.165) is 0 Å². The summed E-state index contributed by atoms with van der Waals surface area (Å²) in [7, 11) is 1.71. The normalized spacial score (nSPS) is 31.6. The second kappa shape index (κ2) is 5.99. The molecule has 0 amide bonds. The summed E-state index contributed by atoms with van der Waals surface area (Å²) in [5.41, 5.74) is 0. The van der Waals surface area contributed by atoms with Gasteiger partial charge in [0.15, 0.2) is 0 Å². The molecule has 1 fully saturated rings.